The third-order valence-corrected chi connectivity index (χ3v) is 4.05. The molecule has 0 fully saturated rings. The number of aryl methyl sites for hydroxylation is 1. The normalized spacial score (nSPS) is 18.6. The Kier molecular flexibility index (Phi) is 4.29. The molecule has 118 valence electrons. The van der Waals surface area contributed by atoms with Gasteiger partial charge in [0.25, 0.3) is 0 Å². The number of nitrogens with one attached hydrogen (secondary N) is 1. The van der Waals surface area contributed by atoms with Crippen molar-refractivity contribution in [2.24, 2.45) is 0 Å². The van der Waals surface area contributed by atoms with Crippen molar-refractivity contribution in [3.63, 3.8) is 0 Å². The zero-order valence-corrected chi connectivity index (χ0v) is 12.5. The maximum absolute atomic E-state index is 13.7. The van der Waals surface area contributed by atoms with Crippen LogP contribution < -0.4 is 10.2 Å². The first kappa shape index (κ1) is 14.8. The Morgan fingerprint density at radius 1 is 1.45 bits per heavy atom. The summed E-state index contributed by atoms with van der Waals surface area (Å²) in [5.41, 5.74) is 4.45. The van der Waals surface area contributed by atoms with Gasteiger partial charge in [0.2, 0.25) is 0 Å². The first-order valence-corrected chi connectivity index (χ1v) is 7.51. The third-order valence-electron chi connectivity index (χ3n) is 4.05. The Morgan fingerprint density at radius 3 is 2.91 bits per heavy atom. The summed E-state index contributed by atoms with van der Waals surface area (Å²) in [7, 11) is 0. The second-order valence-corrected chi connectivity index (χ2v) is 5.63. The SMILES string of the molecule is CC(F)C1CCCn2nc(COc3ccc(NO)cc3)cc21. The number of hydrogen-bond acceptors (Lipinski definition) is 4. The molecule has 0 aliphatic carbocycles. The van der Waals surface area contributed by atoms with Crippen LogP contribution >= 0.6 is 0 Å². The van der Waals surface area contributed by atoms with Crippen molar-refractivity contribution in [2.75, 3.05) is 5.48 Å². The third kappa shape index (κ3) is 3.06. The highest BCUT2D eigenvalue weighted by molar-refractivity contribution is 5.44. The quantitative estimate of drug-likeness (QED) is 0.830. The molecule has 0 saturated heterocycles. The summed E-state index contributed by atoms with van der Waals surface area (Å²) in [4.78, 5) is 0. The maximum atomic E-state index is 13.7. The summed E-state index contributed by atoms with van der Waals surface area (Å²) in [6.07, 6.45) is 0.978. The average molecular weight is 305 g/mol. The lowest BCUT2D eigenvalue weighted by molar-refractivity contribution is 0.259. The Labute approximate surface area is 128 Å². The van der Waals surface area contributed by atoms with E-state index >= 15 is 0 Å². The number of fused-ring (bicyclic) bond motifs is 1. The van der Waals surface area contributed by atoms with Gasteiger partial charge in [-0.1, -0.05) is 0 Å². The number of hydrogen-bond donors (Lipinski definition) is 2. The highest BCUT2D eigenvalue weighted by Gasteiger charge is 2.27. The predicted octanol–water partition coefficient (Wildman–Crippen LogP) is 3.50. The molecule has 0 bridgehead atoms. The van der Waals surface area contributed by atoms with Crippen LogP contribution in [-0.4, -0.2) is 21.2 Å². The van der Waals surface area contributed by atoms with Crippen LogP contribution in [0.2, 0.25) is 0 Å². The lowest BCUT2D eigenvalue weighted by atomic mass is 9.92. The maximum Gasteiger partial charge on any atom is 0.132 e. The Bertz CT molecular complexity index is 625. The number of anilines is 1. The van der Waals surface area contributed by atoms with E-state index in [9.17, 15) is 4.39 Å². The van der Waals surface area contributed by atoms with Crippen molar-refractivity contribution in [2.45, 2.75) is 45.0 Å². The smallest absolute Gasteiger partial charge is 0.132 e. The molecule has 3 rings (SSSR count). The van der Waals surface area contributed by atoms with Gasteiger partial charge in [0.15, 0.2) is 0 Å². The van der Waals surface area contributed by atoms with Gasteiger partial charge in [-0.05, 0) is 50.1 Å². The van der Waals surface area contributed by atoms with Crippen LogP contribution in [0.3, 0.4) is 0 Å². The van der Waals surface area contributed by atoms with Crippen LogP contribution in [0.15, 0.2) is 30.3 Å². The summed E-state index contributed by atoms with van der Waals surface area (Å²) in [5, 5.41) is 13.3. The minimum Gasteiger partial charge on any atom is -0.487 e. The molecule has 2 aromatic rings. The van der Waals surface area contributed by atoms with Crippen LogP contribution in [0.1, 0.15) is 37.1 Å². The van der Waals surface area contributed by atoms with Gasteiger partial charge in [-0.3, -0.25) is 15.4 Å². The second-order valence-electron chi connectivity index (χ2n) is 5.63. The molecule has 2 unspecified atom stereocenters. The number of halogens is 1. The molecule has 6 heteroatoms. The molecule has 5 nitrogen and oxygen atoms in total. The molecule has 0 saturated carbocycles. The molecule has 1 aliphatic heterocycles. The van der Waals surface area contributed by atoms with Crippen molar-refractivity contribution < 1.29 is 14.3 Å². The van der Waals surface area contributed by atoms with E-state index in [0.29, 0.717) is 18.0 Å². The lowest BCUT2D eigenvalue weighted by Crippen LogP contribution is -2.21. The fourth-order valence-corrected chi connectivity index (χ4v) is 2.89. The molecule has 1 aliphatic rings. The minimum atomic E-state index is -0.858. The van der Waals surface area contributed by atoms with E-state index in [1.54, 1.807) is 31.2 Å². The van der Waals surface area contributed by atoms with Crippen molar-refractivity contribution >= 4 is 5.69 Å². The predicted molar refractivity (Wildman–Crippen MR) is 81.0 cm³/mol. The fourth-order valence-electron chi connectivity index (χ4n) is 2.89. The first-order valence-electron chi connectivity index (χ1n) is 7.51. The Balaban J connectivity index is 1.68. The molecule has 22 heavy (non-hydrogen) atoms. The molecule has 0 spiro atoms. The number of aromatic nitrogens is 2. The van der Waals surface area contributed by atoms with E-state index < -0.39 is 6.17 Å². The van der Waals surface area contributed by atoms with Crippen molar-refractivity contribution in [1.29, 1.82) is 0 Å². The van der Waals surface area contributed by atoms with E-state index in [-0.39, 0.29) is 5.92 Å². The second kappa shape index (κ2) is 6.36. The highest BCUT2D eigenvalue weighted by Crippen LogP contribution is 2.32. The summed E-state index contributed by atoms with van der Waals surface area (Å²) >= 11 is 0. The number of nitrogens with zero attached hydrogens (tertiary/aromatic N) is 2. The van der Waals surface area contributed by atoms with E-state index in [1.165, 1.54) is 0 Å². The largest absolute Gasteiger partial charge is 0.487 e. The zero-order chi connectivity index (χ0) is 15.5. The zero-order valence-electron chi connectivity index (χ0n) is 12.5. The molecule has 1 aromatic carbocycles. The monoisotopic (exact) mass is 305 g/mol. The highest BCUT2D eigenvalue weighted by atomic mass is 19.1. The van der Waals surface area contributed by atoms with Crippen molar-refractivity contribution in [3.05, 3.63) is 41.7 Å². The van der Waals surface area contributed by atoms with Crippen molar-refractivity contribution in [3.8, 4) is 5.75 Å². The summed E-state index contributed by atoms with van der Waals surface area (Å²) in [6.45, 7) is 2.80. The summed E-state index contributed by atoms with van der Waals surface area (Å²) in [5.74, 6) is 0.630. The molecule has 1 aromatic heterocycles. The molecular weight excluding hydrogens is 285 g/mol. The van der Waals surface area contributed by atoms with Gasteiger partial charge in [-0.25, -0.2) is 4.39 Å². The molecule has 0 amide bonds. The van der Waals surface area contributed by atoms with Gasteiger partial charge in [-0.2, -0.15) is 5.10 Å². The number of rotatable bonds is 5. The first-order chi connectivity index (χ1) is 10.7. The molecule has 0 radical (unpaired) electrons. The van der Waals surface area contributed by atoms with E-state index in [4.69, 9.17) is 9.94 Å². The number of ether oxygens (including phenoxy) is 1. The van der Waals surface area contributed by atoms with E-state index in [0.717, 1.165) is 30.8 Å². The van der Waals surface area contributed by atoms with Gasteiger partial charge in [0.1, 0.15) is 24.2 Å². The summed E-state index contributed by atoms with van der Waals surface area (Å²) in [6, 6.07) is 8.91. The fraction of sp³-hybridized carbons (Fsp3) is 0.438. The lowest BCUT2D eigenvalue weighted by Gasteiger charge is -2.24. The van der Waals surface area contributed by atoms with Crippen LogP contribution in [0, 0.1) is 0 Å². The van der Waals surface area contributed by atoms with Crippen LogP contribution in [0.4, 0.5) is 10.1 Å². The molecule has 2 N–H and O–H groups in total. The average Bonchev–Trinajstić information content (AvgIpc) is 2.96. The molecular formula is C16H20FN3O2. The standard InChI is InChI=1S/C16H20FN3O2/c1-11(17)15-3-2-8-20-16(15)9-13(18-20)10-22-14-6-4-12(19-21)5-7-14/h4-7,9,11,15,19,21H,2-3,8,10H2,1H3. The van der Waals surface area contributed by atoms with Crippen LogP contribution in [0.5, 0.6) is 5.75 Å². The number of alkyl halides is 1. The summed E-state index contributed by atoms with van der Waals surface area (Å²) < 4.78 is 21.3. The number of benzene rings is 1. The van der Waals surface area contributed by atoms with Gasteiger partial charge in [0, 0.05) is 18.2 Å². The van der Waals surface area contributed by atoms with Gasteiger partial charge in [0.05, 0.1) is 5.69 Å². The van der Waals surface area contributed by atoms with Crippen molar-refractivity contribution in [1.82, 2.24) is 9.78 Å². The minimum absolute atomic E-state index is 0.0649. The van der Waals surface area contributed by atoms with E-state index in [2.05, 4.69) is 10.6 Å². The van der Waals surface area contributed by atoms with E-state index in [1.807, 2.05) is 10.7 Å². The van der Waals surface area contributed by atoms with Gasteiger partial charge < -0.3 is 4.74 Å². The van der Waals surface area contributed by atoms with Gasteiger partial charge in [-0.15, -0.1) is 0 Å². The Morgan fingerprint density at radius 2 is 2.23 bits per heavy atom. The molecule has 2 heterocycles. The molecule has 2 atom stereocenters. The van der Waals surface area contributed by atoms with Crippen LogP contribution in [-0.2, 0) is 13.2 Å². The van der Waals surface area contributed by atoms with Gasteiger partial charge >= 0.3 is 0 Å². The Hall–Kier alpha value is -2.08. The van der Waals surface area contributed by atoms with Crippen LogP contribution in [0.25, 0.3) is 0 Å². The topological polar surface area (TPSA) is 59.3 Å².